The Kier molecular flexibility index (Phi) is 3.69. The predicted octanol–water partition coefficient (Wildman–Crippen LogP) is 2.31. The first-order valence-corrected chi connectivity index (χ1v) is 6.09. The Morgan fingerprint density at radius 2 is 2.16 bits per heavy atom. The number of hydrogen-bond acceptors (Lipinski definition) is 4. The minimum Gasteiger partial charge on any atom is -0.485 e. The number of esters is 1. The number of ketones is 1. The summed E-state index contributed by atoms with van der Waals surface area (Å²) in [5, 5.41) is 0. The summed E-state index contributed by atoms with van der Waals surface area (Å²) in [6, 6.07) is 5.39. The molecule has 0 amide bonds. The largest absolute Gasteiger partial charge is 0.485 e. The van der Waals surface area contributed by atoms with E-state index in [9.17, 15) is 9.59 Å². The normalized spacial score (nSPS) is 16.4. The smallest absolute Gasteiger partial charge is 0.302 e. The molecule has 100 valence electrons. The molecule has 0 saturated heterocycles. The molecule has 1 atom stereocenters. The van der Waals surface area contributed by atoms with Gasteiger partial charge in [-0.25, -0.2) is 0 Å². The Labute approximate surface area is 112 Å². The minimum atomic E-state index is -0.337. The lowest BCUT2D eigenvalue weighted by Gasteiger charge is -2.13. The first-order valence-electron chi connectivity index (χ1n) is 6.09. The number of benzene rings is 1. The number of carbonyl (C=O) groups is 2. The lowest BCUT2D eigenvalue weighted by molar-refractivity contribution is -0.140. The molecule has 1 aromatic rings. The van der Waals surface area contributed by atoms with Gasteiger partial charge in [0, 0.05) is 24.5 Å². The van der Waals surface area contributed by atoms with Gasteiger partial charge in [0.15, 0.2) is 5.78 Å². The van der Waals surface area contributed by atoms with Crippen molar-refractivity contribution in [1.29, 1.82) is 0 Å². The van der Waals surface area contributed by atoms with Crippen molar-refractivity contribution in [1.82, 2.24) is 0 Å². The second-order valence-electron chi connectivity index (χ2n) is 4.63. The van der Waals surface area contributed by atoms with E-state index < -0.39 is 0 Å². The number of carbonyl (C=O) groups excluding carboxylic acids is 2. The summed E-state index contributed by atoms with van der Waals surface area (Å²) in [4.78, 5) is 22.1. The quantitative estimate of drug-likeness (QED) is 0.473. The van der Waals surface area contributed by atoms with Gasteiger partial charge in [-0.15, -0.1) is 0 Å². The second kappa shape index (κ2) is 5.26. The van der Waals surface area contributed by atoms with Gasteiger partial charge in [-0.3, -0.25) is 9.59 Å². The molecule has 1 aliphatic heterocycles. The molecule has 0 N–H and O–H groups in total. The monoisotopic (exact) mass is 260 g/mol. The minimum absolute atomic E-state index is 0.0324. The van der Waals surface area contributed by atoms with E-state index in [0.717, 1.165) is 16.9 Å². The standard InChI is InChI=1S/C15H16O4/c1-9(8-18-11(3)17)15-7-13-6-12(10(2)16)4-5-14(13)19-15/h4-6,15H,1,7-8H2,2-3H3/t15-/m1/s1. The molecule has 1 heterocycles. The molecule has 0 fully saturated rings. The van der Waals surface area contributed by atoms with Gasteiger partial charge in [0.25, 0.3) is 0 Å². The average molecular weight is 260 g/mol. The highest BCUT2D eigenvalue weighted by atomic mass is 16.5. The van der Waals surface area contributed by atoms with E-state index in [-0.39, 0.29) is 24.5 Å². The Hall–Kier alpha value is -2.10. The van der Waals surface area contributed by atoms with E-state index in [1.807, 2.05) is 6.07 Å². The summed E-state index contributed by atoms with van der Waals surface area (Å²) in [5.41, 5.74) is 2.38. The van der Waals surface area contributed by atoms with Gasteiger partial charge in [-0.1, -0.05) is 6.58 Å². The molecule has 1 aromatic carbocycles. The Balaban J connectivity index is 2.05. The number of Topliss-reactive ketones (excluding diaryl/α,β-unsaturated/α-hetero) is 1. The molecule has 1 aliphatic rings. The van der Waals surface area contributed by atoms with Gasteiger partial charge in [-0.05, 0) is 30.7 Å². The molecule has 0 unspecified atom stereocenters. The van der Waals surface area contributed by atoms with E-state index in [4.69, 9.17) is 9.47 Å². The lowest BCUT2D eigenvalue weighted by Crippen LogP contribution is -2.20. The van der Waals surface area contributed by atoms with E-state index >= 15 is 0 Å². The van der Waals surface area contributed by atoms with Crippen LogP contribution in [-0.2, 0) is 16.0 Å². The van der Waals surface area contributed by atoms with Gasteiger partial charge in [0.1, 0.15) is 18.5 Å². The maximum absolute atomic E-state index is 11.3. The van der Waals surface area contributed by atoms with E-state index in [1.165, 1.54) is 13.8 Å². The zero-order valence-electron chi connectivity index (χ0n) is 11.1. The van der Waals surface area contributed by atoms with Gasteiger partial charge in [-0.2, -0.15) is 0 Å². The third-order valence-corrected chi connectivity index (χ3v) is 3.06. The van der Waals surface area contributed by atoms with Crippen LogP contribution in [0.1, 0.15) is 29.8 Å². The van der Waals surface area contributed by atoms with E-state index in [2.05, 4.69) is 6.58 Å². The van der Waals surface area contributed by atoms with Crippen LogP contribution in [0.5, 0.6) is 5.75 Å². The van der Waals surface area contributed by atoms with Crippen LogP contribution in [0.3, 0.4) is 0 Å². The first kappa shape index (κ1) is 13.3. The Morgan fingerprint density at radius 1 is 1.42 bits per heavy atom. The highest BCUT2D eigenvalue weighted by molar-refractivity contribution is 5.94. The molecule has 2 rings (SSSR count). The van der Waals surface area contributed by atoms with Crippen molar-refractivity contribution in [2.24, 2.45) is 0 Å². The number of rotatable bonds is 4. The van der Waals surface area contributed by atoms with Gasteiger partial charge >= 0.3 is 5.97 Å². The fourth-order valence-corrected chi connectivity index (χ4v) is 1.98. The fraction of sp³-hybridized carbons (Fsp3) is 0.333. The third-order valence-electron chi connectivity index (χ3n) is 3.06. The van der Waals surface area contributed by atoms with Crippen LogP contribution in [0.2, 0.25) is 0 Å². The van der Waals surface area contributed by atoms with Crippen LogP contribution >= 0.6 is 0 Å². The maximum Gasteiger partial charge on any atom is 0.302 e. The summed E-state index contributed by atoms with van der Waals surface area (Å²) in [7, 11) is 0. The van der Waals surface area contributed by atoms with Crippen molar-refractivity contribution in [2.45, 2.75) is 26.4 Å². The summed E-state index contributed by atoms with van der Waals surface area (Å²) in [5.74, 6) is 0.458. The van der Waals surface area contributed by atoms with Gasteiger partial charge in [0.05, 0.1) is 0 Å². The van der Waals surface area contributed by atoms with Crippen LogP contribution in [0, 0.1) is 0 Å². The van der Waals surface area contributed by atoms with E-state index in [0.29, 0.717) is 12.0 Å². The van der Waals surface area contributed by atoms with Crippen molar-refractivity contribution in [3.05, 3.63) is 41.5 Å². The molecular weight excluding hydrogens is 244 g/mol. The van der Waals surface area contributed by atoms with Crippen LogP contribution in [0.25, 0.3) is 0 Å². The number of hydrogen-bond donors (Lipinski definition) is 0. The van der Waals surface area contributed by atoms with Crippen LogP contribution < -0.4 is 4.74 Å². The lowest BCUT2D eigenvalue weighted by atomic mass is 10.0. The number of ether oxygens (including phenoxy) is 2. The average Bonchev–Trinajstić information content (AvgIpc) is 2.78. The molecule has 0 radical (unpaired) electrons. The Bertz CT molecular complexity index is 545. The molecule has 4 heteroatoms. The van der Waals surface area contributed by atoms with Crippen molar-refractivity contribution in [3.63, 3.8) is 0 Å². The van der Waals surface area contributed by atoms with Crippen molar-refractivity contribution in [2.75, 3.05) is 6.61 Å². The predicted molar refractivity (Wildman–Crippen MR) is 70.3 cm³/mol. The zero-order valence-corrected chi connectivity index (χ0v) is 11.1. The summed E-state index contributed by atoms with van der Waals surface area (Å²) in [6.07, 6.45) is 0.452. The van der Waals surface area contributed by atoms with Gasteiger partial charge < -0.3 is 9.47 Å². The summed E-state index contributed by atoms with van der Waals surface area (Å²) >= 11 is 0. The molecule has 0 aliphatic carbocycles. The highest BCUT2D eigenvalue weighted by Crippen LogP contribution is 2.32. The maximum atomic E-state index is 11.3. The zero-order chi connectivity index (χ0) is 14.0. The molecule has 0 bridgehead atoms. The molecule has 4 nitrogen and oxygen atoms in total. The number of fused-ring (bicyclic) bond motifs is 1. The molecule has 0 spiro atoms. The molecular formula is C15H16O4. The van der Waals surface area contributed by atoms with Crippen molar-refractivity contribution in [3.8, 4) is 5.75 Å². The molecule has 0 saturated carbocycles. The SMILES string of the molecule is C=C(COC(C)=O)[C@H]1Cc2cc(C(C)=O)ccc2O1. The second-order valence-corrected chi connectivity index (χ2v) is 4.63. The Morgan fingerprint density at radius 3 is 2.79 bits per heavy atom. The summed E-state index contributed by atoms with van der Waals surface area (Å²) in [6.45, 7) is 6.93. The van der Waals surface area contributed by atoms with Crippen LogP contribution in [0.4, 0.5) is 0 Å². The van der Waals surface area contributed by atoms with Gasteiger partial charge in [0.2, 0.25) is 0 Å². The topological polar surface area (TPSA) is 52.6 Å². The summed E-state index contributed by atoms with van der Waals surface area (Å²) < 4.78 is 10.6. The van der Waals surface area contributed by atoms with Crippen LogP contribution in [-0.4, -0.2) is 24.5 Å². The first-order chi connectivity index (χ1) is 8.97. The third kappa shape index (κ3) is 3.02. The van der Waals surface area contributed by atoms with E-state index in [1.54, 1.807) is 12.1 Å². The van der Waals surface area contributed by atoms with Crippen molar-refractivity contribution >= 4 is 11.8 Å². The fourth-order valence-electron chi connectivity index (χ4n) is 1.98. The van der Waals surface area contributed by atoms with Crippen LogP contribution in [0.15, 0.2) is 30.4 Å². The molecule has 19 heavy (non-hydrogen) atoms. The molecule has 0 aromatic heterocycles. The van der Waals surface area contributed by atoms with Crippen molar-refractivity contribution < 1.29 is 19.1 Å². The highest BCUT2D eigenvalue weighted by Gasteiger charge is 2.26.